The lowest BCUT2D eigenvalue weighted by atomic mass is 10.2. The Labute approximate surface area is 96.1 Å². The smallest absolute Gasteiger partial charge is 0.242 e. The molecule has 1 rings (SSSR count). The van der Waals surface area contributed by atoms with Gasteiger partial charge in [0.1, 0.15) is 0 Å². The van der Waals surface area contributed by atoms with Crippen molar-refractivity contribution in [3.05, 3.63) is 0 Å². The van der Waals surface area contributed by atoms with Crippen molar-refractivity contribution in [2.24, 2.45) is 0 Å². The lowest BCUT2D eigenvalue weighted by molar-refractivity contribution is -0.132. The number of hydrogen-bond acceptors (Lipinski definition) is 3. The van der Waals surface area contributed by atoms with Crippen molar-refractivity contribution >= 4 is 11.8 Å². The number of rotatable bonds is 5. The molecule has 0 aromatic heterocycles. The minimum atomic E-state index is -0.0576. The zero-order chi connectivity index (χ0) is 12.0. The molecule has 0 aliphatic carbocycles. The third-order valence-corrected chi connectivity index (χ3v) is 2.59. The number of ether oxygens (including phenoxy) is 1. The SMILES string of the molecule is CCCOCCN1C(=O)CNC(=O)CC1C. The van der Waals surface area contributed by atoms with Gasteiger partial charge in [-0.05, 0) is 13.3 Å². The molecule has 0 aromatic rings. The summed E-state index contributed by atoms with van der Waals surface area (Å²) in [5, 5.41) is 2.59. The fourth-order valence-corrected chi connectivity index (χ4v) is 1.73. The average Bonchev–Trinajstić information content (AvgIpc) is 2.36. The summed E-state index contributed by atoms with van der Waals surface area (Å²) in [5.41, 5.74) is 0. The molecular formula is C11H20N2O3. The number of amides is 2. The van der Waals surface area contributed by atoms with E-state index in [1.54, 1.807) is 4.90 Å². The van der Waals surface area contributed by atoms with E-state index in [4.69, 9.17) is 4.74 Å². The quantitative estimate of drug-likeness (QED) is 0.681. The van der Waals surface area contributed by atoms with Gasteiger partial charge in [0, 0.05) is 25.6 Å². The summed E-state index contributed by atoms with van der Waals surface area (Å²) in [7, 11) is 0. The number of nitrogens with zero attached hydrogens (tertiary/aromatic N) is 1. The largest absolute Gasteiger partial charge is 0.380 e. The highest BCUT2D eigenvalue weighted by atomic mass is 16.5. The van der Waals surface area contributed by atoms with Crippen LogP contribution in [0.15, 0.2) is 0 Å². The number of carbonyl (C=O) groups excluding carboxylic acids is 2. The summed E-state index contributed by atoms with van der Waals surface area (Å²) in [6.45, 7) is 5.86. The van der Waals surface area contributed by atoms with Gasteiger partial charge in [0.05, 0.1) is 13.2 Å². The molecule has 1 N–H and O–H groups in total. The van der Waals surface area contributed by atoms with Gasteiger partial charge in [0.15, 0.2) is 0 Å². The van der Waals surface area contributed by atoms with E-state index in [0.29, 0.717) is 26.2 Å². The van der Waals surface area contributed by atoms with Crippen LogP contribution in [0.1, 0.15) is 26.7 Å². The van der Waals surface area contributed by atoms with Crippen molar-refractivity contribution in [1.29, 1.82) is 0 Å². The van der Waals surface area contributed by atoms with E-state index < -0.39 is 0 Å². The maximum atomic E-state index is 11.7. The molecule has 1 aliphatic heterocycles. The molecule has 1 heterocycles. The Morgan fingerprint density at radius 3 is 2.88 bits per heavy atom. The summed E-state index contributed by atoms with van der Waals surface area (Å²) >= 11 is 0. The molecule has 1 aliphatic rings. The molecule has 0 saturated carbocycles. The van der Waals surface area contributed by atoms with Gasteiger partial charge in [-0.25, -0.2) is 0 Å². The molecule has 5 heteroatoms. The minimum Gasteiger partial charge on any atom is -0.380 e. The highest BCUT2D eigenvalue weighted by Gasteiger charge is 2.25. The topological polar surface area (TPSA) is 58.6 Å². The lowest BCUT2D eigenvalue weighted by Crippen LogP contribution is -2.41. The normalized spacial score (nSPS) is 21.9. The first-order valence-corrected chi connectivity index (χ1v) is 5.79. The van der Waals surface area contributed by atoms with Crippen LogP contribution >= 0.6 is 0 Å². The first kappa shape index (κ1) is 13.0. The van der Waals surface area contributed by atoms with Crippen molar-refractivity contribution in [2.75, 3.05) is 26.3 Å². The van der Waals surface area contributed by atoms with E-state index >= 15 is 0 Å². The highest BCUT2D eigenvalue weighted by molar-refractivity contribution is 5.87. The van der Waals surface area contributed by atoms with E-state index in [2.05, 4.69) is 5.32 Å². The second kappa shape index (κ2) is 6.48. The Balaban J connectivity index is 2.41. The van der Waals surface area contributed by atoms with Gasteiger partial charge in [0.2, 0.25) is 11.8 Å². The van der Waals surface area contributed by atoms with E-state index in [1.807, 2.05) is 13.8 Å². The summed E-state index contributed by atoms with van der Waals surface area (Å²) < 4.78 is 5.35. The first-order valence-electron chi connectivity index (χ1n) is 5.79. The number of carbonyl (C=O) groups is 2. The standard InChI is InChI=1S/C11H20N2O3/c1-3-5-16-6-4-13-9(2)7-10(14)12-8-11(13)15/h9H,3-8H2,1-2H3,(H,12,14). The van der Waals surface area contributed by atoms with Crippen LogP contribution in [0.3, 0.4) is 0 Å². The van der Waals surface area contributed by atoms with Gasteiger partial charge in [-0.1, -0.05) is 6.92 Å². The number of hydrogen-bond donors (Lipinski definition) is 1. The summed E-state index contributed by atoms with van der Waals surface area (Å²) in [6.07, 6.45) is 1.35. The van der Waals surface area contributed by atoms with Gasteiger partial charge < -0.3 is 15.0 Å². The highest BCUT2D eigenvalue weighted by Crippen LogP contribution is 2.07. The van der Waals surface area contributed by atoms with E-state index in [9.17, 15) is 9.59 Å². The van der Waals surface area contributed by atoms with Gasteiger partial charge in [0.25, 0.3) is 0 Å². The molecule has 0 aromatic carbocycles. The van der Waals surface area contributed by atoms with Crippen LogP contribution in [-0.4, -0.2) is 49.1 Å². The summed E-state index contributed by atoms with van der Waals surface area (Å²) in [5.74, 6) is -0.0868. The van der Waals surface area contributed by atoms with Crippen LogP contribution < -0.4 is 5.32 Å². The van der Waals surface area contributed by atoms with Crippen molar-refractivity contribution in [1.82, 2.24) is 10.2 Å². The second-order valence-corrected chi connectivity index (χ2v) is 4.03. The van der Waals surface area contributed by atoms with Crippen LogP contribution in [-0.2, 0) is 14.3 Å². The van der Waals surface area contributed by atoms with Crippen LogP contribution in [0.25, 0.3) is 0 Å². The third-order valence-electron chi connectivity index (χ3n) is 2.59. The minimum absolute atomic E-state index is 0.0292. The predicted octanol–water partition coefficient (Wildman–Crippen LogP) is 0.150. The Kier molecular flexibility index (Phi) is 5.25. The van der Waals surface area contributed by atoms with Gasteiger partial charge in [-0.15, -0.1) is 0 Å². The van der Waals surface area contributed by atoms with Gasteiger partial charge >= 0.3 is 0 Å². The average molecular weight is 228 g/mol. The predicted molar refractivity (Wildman–Crippen MR) is 59.9 cm³/mol. The molecule has 92 valence electrons. The Hall–Kier alpha value is -1.10. The monoisotopic (exact) mass is 228 g/mol. The Morgan fingerprint density at radius 1 is 1.44 bits per heavy atom. The maximum Gasteiger partial charge on any atom is 0.242 e. The molecule has 0 radical (unpaired) electrons. The molecule has 5 nitrogen and oxygen atoms in total. The molecule has 2 amide bonds. The van der Waals surface area contributed by atoms with E-state index in [0.717, 1.165) is 6.42 Å². The lowest BCUT2D eigenvalue weighted by Gasteiger charge is -2.26. The zero-order valence-corrected chi connectivity index (χ0v) is 9.99. The van der Waals surface area contributed by atoms with Crippen molar-refractivity contribution in [3.63, 3.8) is 0 Å². The van der Waals surface area contributed by atoms with Gasteiger partial charge in [-0.3, -0.25) is 9.59 Å². The van der Waals surface area contributed by atoms with Gasteiger partial charge in [-0.2, -0.15) is 0 Å². The zero-order valence-electron chi connectivity index (χ0n) is 9.99. The van der Waals surface area contributed by atoms with E-state index in [-0.39, 0.29) is 24.4 Å². The Bertz CT molecular complexity index is 256. The molecular weight excluding hydrogens is 208 g/mol. The third kappa shape index (κ3) is 3.81. The van der Waals surface area contributed by atoms with Crippen LogP contribution in [0.5, 0.6) is 0 Å². The summed E-state index contributed by atoms with van der Waals surface area (Å²) in [4.78, 5) is 24.6. The van der Waals surface area contributed by atoms with Crippen LogP contribution in [0, 0.1) is 0 Å². The molecule has 16 heavy (non-hydrogen) atoms. The molecule has 0 bridgehead atoms. The van der Waals surface area contributed by atoms with Crippen molar-refractivity contribution in [3.8, 4) is 0 Å². The fraction of sp³-hybridized carbons (Fsp3) is 0.818. The molecule has 1 unspecified atom stereocenters. The van der Waals surface area contributed by atoms with E-state index in [1.165, 1.54) is 0 Å². The van der Waals surface area contributed by atoms with Crippen LogP contribution in [0.4, 0.5) is 0 Å². The van der Waals surface area contributed by atoms with Crippen molar-refractivity contribution in [2.45, 2.75) is 32.7 Å². The van der Waals surface area contributed by atoms with Crippen molar-refractivity contribution < 1.29 is 14.3 Å². The first-order chi connectivity index (χ1) is 7.65. The number of nitrogens with one attached hydrogen (secondary N) is 1. The Morgan fingerprint density at radius 2 is 2.19 bits per heavy atom. The second-order valence-electron chi connectivity index (χ2n) is 4.03. The molecule has 1 fully saturated rings. The van der Waals surface area contributed by atoms with Crippen LogP contribution in [0.2, 0.25) is 0 Å². The molecule has 1 saturated heterocycles. The molecule has 0 spiro atoms. The fourth-order valence-electron chi connectivity index (χ4n) is 1.73. The molecule has 1 atom stereocenters. The summed E-state index contributed by atoms with van der Waals surface area (Å²) in [6, 6.07) is -0.0415. The maximum absolute atomic E-state index is 11.7.